The second-order valence-corrected chi connectivity index (χ2v) is 5.39. The maximum absolute atomic E-state index is 11.9. The predicted octanol–water partition coefficient (Wildman–Crippen LogP) is -0.619. The number of hydroxylamine groups is 1. The van der Waals surface area contributed by atoms with Crippen molar-refractivity contribution >= 4 is 27.5 Å². The average Bonchev–Trinajstić information content (AvgIpc) is 2.43. The van der Waals surface area contributed by atoms with Crippen molar-refractivity contribution in [2.24, 2.45) is 15.3 Å². The van der Waals surface area contributed by atoms with Crippen LogP contribution in [-0.2, 0) is 25.4 Å². The molecule has 0 fully saturated rings. The molecule has 0 aliphatic rings. The Morgan fingerprint density at radius 1 is 1.38 bits per heavy atom. The lowest BCUT2D eigenvalue weighted by molar-refractivity contribution is -0.112. The maximum Gasteiger partial charge on any atom is 0.274 e. The summed E-state index contributed by atoms with van der Waals surface area (Å²) in [4.78, 5) is 15.5. The summed E-state index contributed by atoms with van der Waals surface area (Å²) in [6.07, 6.45) is 0. The summed E-state index contributed by atoms with van der Waals surface area (Å²) in [5.74, 6) is -2.26. The number of oxime groups is 1. The number of benzene rings is 1. The highest BCUT2D eigenvalue weighted by Gasteiger charge is 2.20. The second kappa shape index (κ2) is 7.36. The first-order valence-electron chi connectivity index (χ1n) is 5.57. The van der Waals surface area contributed by atoms with Crippen molar-refractivity contribution in [1.82, 2.24) is 5.48 Å². The van der Waals surface area contributed by atoms with E-state index in [0.717, 1.165) is 7.11 Å². The molecule has 1 amide bonds. The topological polar surface area (TPSA) is 143 Å². The molecular formula is C11H14N4O5S. The molecule has 0 atom stereocenters. The summed E-state index contributed by atoms with van der Waals surface area (Å²) < 4.78 is 27.1. The Morgan fingerprint density at radius 2 is 2.00 bits per heavy atom. The molecule has 1 rings (SSSR count). The molecule has 0 unspecified atom stereocenters. The Hall–Kier alpha value is -2.46. The number of hydrogen-bond acceptors (Lipinski definition) is 6. The van der Waals surface area contributed by atoms with Gasteiger partial charge in [-0.15, -0.1) is 4.40 Å². The Bertz CT molecular complexity index is 654. The van der Waals surface area contributed by atoms with Crippen LogP contribution in [-0.4, -0.2) is 38.2 Å². The van der Waals surface area contributed by atoms with Gasteiger partial charge in [-0.2, -0.15) is 0 Å². The number of hydrogen-bond donors (Lipinski definition) is 3. The zero-order valence-corrected chi connectivity index (χ0v) is 11.9. The monoisotopic (exact) mass is 314 g/mol. The van der Waals surface area contributed by atoms with Crippen LogP contribution in [0.4, 0.5) is 0 Å². The molecule has 0 heterocycles. The van der Waals surface area contributed by atoms with Crippen LogP contribution in [0.3, 0.4) is 0 Å². The van der Waals surface area contributed by atoms with Crippen LogP contribution in [0.5, 0.6) is 0 Å². The van der Waals surface area contributed by atoms with Gasteiger partial charge in [0.15, 0.2) is 5.84 Å². The molecule has 114 valence electrons. The van der Waals surface area contributed by atoms with E-state index in [1.807, 2.05) is 0 Å². The van der Waals surface area contributed by atoms with Gasteiger partial charge >= 0.3 is 0 Å². The van der Waals surface area contributed by atoms with Crippen molar-refractivity contribution in [3.63, 3.8) is 0 Å². The SMILES string of the molecule is CON=C(C(N)=O)/C(=N/S(=O)(=O)Cc1ccccc1)NO. The third-order valence-corrected chi connectivity index (χ3v) is 3.33. The molecule has 0 radical (unpaired) electrons. The first-order chi connectivity index (χ1) is 9.89. The average molecular weight is 314 g/mol. The van der Waals surface area contributed by atoms with E-state index in [4.69, 9.17) is 10.9 Å². The molecule has 0 saturated carbocycles. The van der Waals surface area contributed by atoms with E-state index in [2.05, 4.69) is 14.4 Å². The van der Waals surface area contributed by atoms with E-state index >= 15 is 0 Å². The fraction of sp³-hybridized carbons (Fsp3) is 0.182. The number of amides is 1. The van der Waals surface area contributed by atoms with Crippen LogP contribution >= 0.6 is 0 Å². The van der Waals surface area contributed by atoms with E-state index < -0.39 is 33.2 Å². The second-order valence-electron chi connectivity index (χ2n) is 3.75. The lowest BCUT2D eigenvalue weighted by Crippen LogP contribution is -2.39. The lowest BCUT2D eigenvalue weighted by Gasteiger charge is -2.05. The number of carbonyl (C=O) groups excluding carboxylic acids is 1. The van der Waals surface area contributed by atoms with Crippen LogP contribution < -0.4 is 11.2 Å². The molecule has 21 heavy (non-hydrogen) atoms. The highest BCUT2D eigenvalue weighted by molar-refractivity contribution is 7.89. The van der Waals surface area contributed by atoms with Gasteiger partial charge in [0.25, 0.3) is 15.9 Å². The molecule has 0 spiro atoms. The fourth-order valence-electron chi connectivity index (χ4n) is 1.37. The maximum atomic E-state index is 11.9. The van der Waals surface area contributed by atoms with Crippen LogP contribution in [0, 0.1) is 0 Å². The lowest BCUT2D eigenvalue weighted by atomic mass is 10.2. The van der Waals surface area contributed by atoms with Gasteiger partial charge in [0, 0.05) is 0 Å². The predicted molar refractivity (Wildman–Crippen MR) is 75.1 cm³/mol. The molecule has 0 bridgehead atoms. The third-order valence-electron chi connectivity index (χ3n) is 2.17. The van der Waals surface area contributed by atoms with Crippen LogP contribution in [0.2, 0.25) is 0 Å². The minimum Gasteiger partial charge on any atom is -0.398 e. The van der Waals surface area contributed by atoms with Crippen molar-refractivity contribution in [2.45, 2.75) is 5.75 Å². The normalized spacial score (nSPS) is 12.9. The number of rotatable bonds is 6. The number of nitrogens with two attached hydrogens (primary N) is 1. The first-order valence-corrected chi connectivity index (χ1v) is 7.18. The Labute approximate surface area is 121 Å². The molecule has 9 nitrogen and oxygen atoms in total. The van der Waals surface area contributed by atoms with Gasteiger partial charge < -0.3 is 10.6 Å². The number of amidine groups is 1. The van der Waals surface area contributed by atoms with Crippen molar-refractivity contribution in [3.05, 3.63) is 35.9 Å². The van der Waals surface area contributed by atoms with E-state index in [1.54, 1.807) is 30.3 Å². The summed E-state index contributed by atoms with van der Waals surface area (Å²) in [6, 6.07) is 8.26. The Morgan fingerprint density at radius 3 is 2.48 bits per heavy atom. The number of sulfonamides is 1. The zero-order chi connectivity index (χ0) is 15.9. The van der Waals surface area contributed by atoms with Gasteiger partial charge in [0.2, 0.25) is 5.71 Å². The molecule has 4 N–H and O–H groups in total. The summed E-state index contributed by atoms with van der Waals surface area (Å²) in [5, 5.41) is 12.1. The molecular weight excluding hydrogens is 300 g/mol. The highest BCUT2D eigenvalue weighted by Crippen LogP contribution is 2.07. The number of carbonyl (C=O) groups is 1. The van der Waals surface area contributed by atoms with Gasteiger partial charge in [-0.25, -0.2) is 13.9 Å². The van der Waals surface area contributed by atoms with Gasteiger partial charge in [-0.3, -0.25) is 10.0 Å². The molecule has 1 aromatic rings. The molecule has 0 saturated heterocycles. The van der Waals surface area contributed by atoms with Crippen molar-refractivity contribution in [1.29, 1.82) is 0 Å². The van der Waals surface area contributed by atoms with Crippen molar-refractivity contribution in [3.8, 4) is 0 Å². The van der Waals surface area contributed by atoms with E-state index in [9.17, 15) is 13.2 Å². The minimum absolute atomic E-state index is 0.419. The van der Waals surface area contributed by atoms with Gasteiger partial charge in [0.05, 0.1) is 5.75 Å². The summed E-state index contributed by atoms with van der Waals surface area (Å²) in [7, 11) is -2.90. The minimum atomic E-state index is -4.02. The number of nitrogens with one attached hydrogen (secondary N) is 1. The molecule has 1 aromatic carbocycles. The fourth-order valence-corrected chi connectivity index (χ4v) is 2.45. The number of nitrogens with zero attached hydrogens (tertiary/aromatic N) is 2. The smallest absolute Gasteiger partial charge is 0.274 e. The highest BCUT2D eigenvalue weighted by atomic mass is 32.2. The summed E-state index contributed by atoms with van der Waals surface area (Å²) >= 11 is 0. The van der Waals surface area contributed by atoms with Gasteiger partial charge in [0.1, 0.15) is 7.11 Å². The third kappa shape index (κ3) is 5.20. The largest absolute Gasteiger partial charge is 0.398 e. The number of primary amides is 1. The molecule has 0 aliphatic carbocycles. The first kappa shape index (κ1) is 16.6. The molecule has 10 heteroatoms. The zero-order valence-electron chi connectivity index (χ0n) is 11.1. The Balaban J connectivity index is 3.11. The van der Waals surface area contributed by atoms with Crippen molar-refractivity contribution < 1.29 is 23.3 Å². The van der Waals surface area contributed by atoms with Gasteiger partial charge in [-0.1, -0.05) is 35.5 Å². The van der Waals surface area contributed by atoms with E-state index in [0.29, 0.717) is 5.56 Å². The standard InChI is InChI=1S/C11H14N4O5S/c1-20-14-9(10(12)16)11(13-17)15-21(18,19)7-8-5-3-2-4-6-8/h2-6,17H,7H2,1H3,(H2,12,16)(H,13,15). The van der Waals surface area contributed by atoms with Gasteiger partial charge in [-0.05, 0) is 5.56 Å². The van der Waals surface area contributed by atoms with Crippen LogP contribution in [0.25, 0.3) is 0 Å². The van der Waals surface area contributed by atoms with E-state index in [-0.39, 0.29) is 0 Å². The van der Waals surface area contributed by atoms with Crippen LogP contribution in [0.1, 0.15) is 5.56 Å². The van der Waals surface area contributed by atoms with E-state index in [1.165, 1.54) is 5.48 Å². The van der Waals surface area contributed by atoms with Crippen molar-refractivity contribution in [2.75, 3.05) is 7.11 Å². The molecule has 0 aromatic heterocycles. The van der Waals surface area contributed by atoms with Crippen LogP contribution in [0.15, 0.2) is 39.9 Å². The quantitative estimate of drug-likeness (QED) is 0.363. The summed E-state index contributed by atoms with van der Waals surface area (Å²) in [5.41, 5.74) is 6.30. The molecule has 0 aliphatic heterocycles. The Kier molecular flexibility index (Phi) is 5.81. The summed E-state index contributed by atoms with van der Waals surface area (Å²) in [6.45, 7) is 0.